The minimum atomic E-state index is -4.89. The molecule has 0 spiro atoms. The Morgan fingerprint density at radius 2 is 1.61 bits per heavy atom. The number of nitrogens with one attached hydrogen (secondary N) is 1. The Bertz CT molecular complexity index is 1540. The number of nitrogens with zero attached hydrogens (tertiary/aromatic N) is 1. The van der Waals surface area contributed by atoms with Gasteiger partial charge in [-0.1, -0.05) is 12.1 Å². The van der Waals surface area contributed by atoms with Crippen molar-refractivity contribution in [3.05, 3.63) is 78.2 Å². The number of pyridine rings is 1. The largest absolute Gasteiger partial charge is 0.493 e. The molecular weight excluding hydrogens is 504 g/mol. The number of ether oxygens (including phenoxy) is 3. The Labute approximate surface area is 203 Å². The van der Waals surface area contributed by atoms with Crippen LogP contribution >= 0.6 is 0 Å². The van der Waals surface area contributed by atoms with Crippen molar-refractivity contribution >= 4 is 26.6 Å². The molecule has 1 aromatic heterocycles. The molecule has 0 fully saturated rings. The predicted molar refractivity (Wildman–Crippen MR) is 124 cm³/mol. The zero-order valence-electron chi connectivity index (χ0n) is 18.8. The second kappa shape index (κ2) is 9.53. The van der Waals surface area contributed by atoms with Crippen LogP contribution in [-0.4, -0.2) is 27.6 Å². The molecule has 4 aromatic rings. The van der Waals surface area contributed by atoms with Gasteiger partial charge in [0.25, 0.3) is 10.0 Å². The van der Waals surface area contributed by atoms with Crippen LogP contribution in [0.4, 0.5) is 23.2 Å². The fourth-order valence-corrected chi connectivity index (χ4v) is 4.79. The minimum absolute atomic E-state index is 0.229. The monoisotopic (exact) mass is 522 g/mol. The predicted octanol–water partition coefficient (Wildman–Crippen LogP) is 6.00. The number of hydrogen-bond acceptors (Lipinski definition) is 6. The third-order valence-electron chi connectivity index (χ3n) is 5.10. The average Bonchev–Trinajstić information content (AvgIpc) is 2.84. The van der Waals surface area contributed by atoms with Crippen molar-refractivity contribution in [3.63, 3.8) is 0 Å². The van der Waals surface area contributed by atoms with Gasteiger partial charge in [0.2, 0.25) is 0 Å². The van der Waals surface area contributed by atoms with Crippen LogP contribution in [0.5, 0.6) is 23.0 Å². The third-order valence-corrected chi connectivity index (χ3v) is 6.54. The van der Waals surface area contributed by atoms with Gasteiger partial charge in [-0.25, -0.2) is 12.8 Å². The summed E-state index contributed by atoms with van der Waals surface area (Å²) in [7, 11) is -1.76. The summed E-state index contributed by atoms with van der Waals surface area (Å²) in [5.41, 5.74) is -1.22. The zero-order chi connectivity index (χ0) is 26.1. The van der Waals surface area contributed by atoms with Gasteiger partial charge in [0.15, 0.2) is 23.1 Å². The second-order valence-corrected chi connectivity index (χ2v) is 9.00. The van der Waals surface area contributed by atoms with Crippen molar-refractivity contribution in [2.24, 2.45) is 0 Å². The van der Waals surface area contributed by atoms with E-state index in [0.717, 1.165) is 30.3 Å². The Hall–Kier alpha value is -4.06. The molecule has 0 aliphatic carbocycles. The number of halogens is 4. The molecule has 188 valence electrons. The molecule has 36 heavy (non-hydrogen) atoms. The molecule has 0 bridgehead atoms. The Morgan fingerprint density at radius 1 is 0.889 bits per heavy atom. The lowest BCUT2D eigenvalue weighted by Crippen LogP contribution is -2.19. The topological polar surface area (TPSA) is 86.8 Å². The number of rotatable bonds is 7. The third kappa shape index (κ3) is 4.85. The maximum absolute atomic E-state index is 14.8. The van der Waals surface area contributed by atoms with Gasteiger partial charge in [0.05, 0.1) is 30.4 Å². The van der Waals surface area contributed by atoms with Crippen LogP contribution in [0.2, 0.25) is 0 Å². The summed E-state index contributed by atoms with van der Waals surface area (Å²) in [5.74, 6) is -0.192. The summed E-state index contributed by atoms with van der Waals surface area (Å²) in [4.78, 5) is 3.28. The molecule has 1 heterocycles. The van der Waals surface area contributed by atoms with E-state index in [4.69, 9.17) is 14.2 Å². The van der Waals surface area contributed by atoms with Gasteiger partial charge in [-0.15, -0.1) is 0 Å². The molecule has 4 rings (SSSR count). The summed E-state index contributed by atoms with van der Waals surface area (Å²) >= 11 is 0. The number of anilines is 1. The average molecular weight is 522 g/mol. The van der Waals surface area contributed by atoms with Crippen molar-refractivity contribution in [1.29, 1.82) is 0 Å². The lowest BCUT2D eigenvalue weighted by Gasteiger charge is -2.15. The number of fused-ring (bicyclic) bond motifs is 1. The van der Waals surface area contributed by atoms with Gasteiger partial charge in [-0.2, -0.15) is 13.2 Å². The van der Waals surface area contributed by atoms with E-state index in [2.05, 4.69) is 4.98 Å². The van der Waals surface area contributed by atoms with Gasteiger partial charge in [0, 0.05) is 17.6 Å². The molecule has 1 N–H and O–H groups in total. The number of alkyl halides is 3. The molecule has 0 saturated carbocycles. The summed E-state index contributed by atoms with van der Waals surface area (Å²) in [6.45, 7) is 0. The van der Waals surface area contributed by atoms with Gasteiger partial charge < -0.3 is 14.2 Å². The first-order valence-corrected chi connectivity index (χ1v) is 11.7. The highest BCUT2D eigenvalue weighted by Gasteiger charge is 2.37. The molecule has 0 unspecified atom stereocenters. The van der Waals surface area contributed by atoms with Crippen LogP contribution < -0.4 is 18.9 Å². The Kier molecular flexibility index (Phi) is 6.63. The zero-order valence-corrected chi connectivity index (χ0v) is 19.6. The molecule has 0 aliphatic rings. The highest BCUT2D eigenvalue weighted by molar-refractivity contribution is 7.92. The van der Waals surface area contributed by atoms with Crippen molar-refractivity contribution in [3.8, 4) is 23.0 Å². The molecule has 0 atom stereocenters. The first-order chi connectivity index (χ1) is 17.0. The van der Waals surface area contributed by atoms with Crippen LogP contribution in [0, 0.1) is 5.82 Å². The number of hydrogen-bond donors (Lipinski definition) is 1. The number of sulfonamides is 1. The molecular formula is C24H18F4N2O5S. The summed E-state index contributed by atoms with van der Waals surface area (Å²) in [6.07, 6.45) is -3.47. The first kappa shape index (κ1) is 25.0. The maximum atomic E-state index is 14.8. The van der Waals surface area contributed by atoms with E-state index in [1.54, 1.807) is 12.1 Å². The Morgan fingerprint density at radius 3 is 2.28 bits per heavy atom. The van der Waals surface area contributed by atoms with E-state index < -0.39 is 32.5 Å². The summed E-state index contributed by atoms with van der Waals surface area (Å²) in [5, 5.41) is 0.489. The molecule has 3 aromatic carbocycles. The lowest BCUT2D eigenvalue weighted by molar-refractivity contribution is -0.139. The maximum Gasteiger partial charge on any atom is 0.417 e. The van der Waals surface area contributed by atoms with Crippen LogP contribution in [0.15, 0.2) is 71.8 Å². The fourth-order valence-electron chi connectivity index (χ4n) is 3.51. The highest BCUT2D eigenvalue weighted by atomic mass is 32.2. The minimum Gasteiger partial charge on any atom is -0.493 e. The standard InChI is InChI=1S/C24H18F4N2O5S/c1-33-20-10-8-15-18(11-12-29-22(15)23(20)34-2)35-19-9-7-14(13-17(19)25)30-36(31,32)21-6-4-3-5-16(21)24(26,27)28/h3-13,30H,1-2H3. The van der Waals surface area contributed by atoms with Crippen molar-refractivity contribution < 1.29 is 40.2 Å². The quantitative estimate of drug-likeness (QED) is 0.300. The molecule has 7 nitrogen and oxygen atoms in total. The van der Waals surface area contributed by atoms with Gasteiger partial charge in [0.1, 0.15) is 11.3 Å². The van der Waals surface area contributed by atoms with E-state index in [1.165, 1.54) is 32.5 Å². The van der Waals surface area contributed by atoms with Crippen molar-refractivity contribution in [2.45, 2.75) is 11.1 Å². The van der Waals surface area contributed by atoms with Crippen molar-refractivity contribution in [1.82, 2.24) is 4.98 Å². The van der Waals surface area contributed by atoms with E-state index in [0.29, 0.717) is 28.5 Å². The number of benzene rings is 3. The smallest absolute Gasteiger partial charge is 0.417 e. The molecule has 0 saturated heterocycles. The summed E-state index contributed by atoms with van der Waals surface area (Å²) in [6, 6.07) is 11.6. The molecule has 12 heteroatoms. The molecule has 0 radical (unpaired) electrons. The Balaban J connectivity index is 1.64. The highest BCUT2D eigenvalue weighted by Crippen LogP contribution is 2.40. The lowest BCUT2D eigenvalue weighted by atomic mass is 10.1. The molecule has 0 amide bonds. The second-order valence-electron chi connectivity index (χ2n) is 7.35. The van der Waals surface area contributed by atoms with Gasteiger partial charge in [-0.05, 0) is 42.5 Å². The van der Waals surface area contributed by atoms with E-state index in [-0.39, 0.29) is 17.2 Å². The summed E-state index contributed by atoms with van der Waals surface area (Å²) < 4.78 is 98.1. The van der Waals surface area contributed by atoms with Gasteiger partial charge >= 0.3 is 6.18 Å². The van der Waals surface area contributed by atoms with Crippen LogP contribution in [0.3, 0.4) is 0 Å². The van der Waals surface area contributed by atoms with E-state index in [9.17, 15) is 26.0 Å². The normalized spacial score (nSPS) is 11.8. The number of methoxy groups -OCH3 is 2. The molecule has 0 aliphatic heterocycles. The van der Waals surface area contributed by atoms with Gasteiger partial charge in [-0.3, -0.25) is 9.71 Å². The van der Waals surface area contributed by atoms with E-state index >= 15 is 0 Å². The first-order valence-electron chi connectivity index (χ1n) is 10.2. The van der Waals surface area contributed by atoms with E-state index in [1.807, 2.05) is 4.72 Å². The van der Waals surface area contributed by atoms with Crippen molar-refractivity contribution in [2.75, 3.05) is 18.9 Å². The van der Waals surface area contributed by atoms with Crippen LogP contribution in [0.1, 0.15) is 5.56 Å². The fraction of sp³-hybridized carbons (Fsp3) is 0.125. The SMILES string of the molecule is COc1ccc2c(Oc3ccc(NS(=O)(=O)c4ccccc4C(F)(F)F)cc3F)ccnc2c1OC. The van der Waals surface area contributed by atoms with Crippen LogP contribution in [-0.2, 0) is 16.2 Å². The number of aromatic nitrogens is 1. The van der Waals surface area contributed by atoms with Crippen LogP contribution in [0.25, 0.3) is 10.9 Å².